The third-order valence-electron chi connectivity index (χ3n) is 3.08. The highest BCUT2D eigenvalue weighted by Crippen LogP contribution is 2.29. The molecule has 0 amide bonds. The molecule has 3 nitrogen and oxygen atoms in total. The third-order valence-corrected chi connectivity index (χ3v) is 4.71. The summed E-state index contributed by atoms with van der Waals surface area (Å²) in [5.41, 5.74) is 1.34. The van der Waals surface area contributed by atoms with Crippen molar-refractivity contribution in [3.63, 3.8) is 0 Å². The molecule has 0 saturated heterocycles. The summed E-state index contributed by atoms with van der Waals surface area (Å²) >= 11 is 4.72. The van der Waals surface area contributed by atoms with Crippen molar-refractivity contribution in [3.05, 3.63) is 63.6 Å². The van der Waals surface area contributed by atoms with Crippen LogP contribution in [0.1, 0.15) is 21.3 Å². The molecule has 0 saturated carbocycles. The van der Waals surface area contributed by atoms with Crippen molar-refractivity contribution in [2.24, 2.45) is 0 Å². The molecule has 0 bridgehead atoms. The number of ketones is 1. The summed E-state index contributed by atoms with van der Waals surface area (Å²) in [6, 6.07) is 16.7. The number of rotatable bonds is 3. The maximum absolute atomic E-state index is 12.5. The van der Waals surface area contributed by atoms with Gasteiger partial charge in [-0.2, -0.15) is 5.26 Å². The minimum atomic E-state index is -0.858. The molecular weight excluding hydrogens is 348 g/mol. The van der Waals surface area contributed by atoms with Gasteiger partial charge in [0.15, 0.2) is 11.7 Å². The van der Waals surface area contributed by atoms with Crippen LogP contribution < -0.4 is 0 Å². The molecule has 5 heteroatoms. The number of para-hydroxylation sites is 1. The van der Waals surface area contributed by atoms with E-state index in [1.54, 1.807) is 24.3 Å². The summed E-state index contributed by atoms with van der Waals surface area (Å²) in [4.78, 5) is 16.9. The van der Waals surface area contributed by atoms with E-state index in [1.807, 2.05) is 24.3 Å². The van der Waals surface area contributed by atoms with E-state index in [2.05, 4.69) is 27.0 Å². The number of Topliss-reactive ketones (excluding diaryl/α,β-unsaturated/α-hetero) is 1. The van der Waals surface area contributed by atoms with Crippen molar-refractivity contribution in [2.45, 2.75) is 5.92 Å². The minimum absolute atomic E-state index is 0.218. The van der Waals surface area contributed by atoms with Gasteiger partial charge in [-0.25, -0.2) is 4.98 Å². The Kier molecular flexibility index (Phi) is 3.82. The zero-order valence-electron chi connectivity index (χ0n) is 10.8. The van der Waals surface area contributed by atoms with Crippen LogP contribution in [0.15, 0.2) is 53.0 Å². The zero-order chi connectivity index (χ0) is 14.8. The molecule has 1 heterocycles. The Morgan fingerprint density at radius 2 is 1.90 bits per heavy atom. The van der Waals surface area contributed by atoms with Gasteiger partial charge in [-0.3, -0.25) is 4.79 Å². The highest BCUT2D eigenvalue weighted by atomic mass is 79.9. The lowest BCUT2D eigenvalue weighted by Crippen LogP contribution is -2.10. The number of fused-ring (bicyclic) bond motifs is 1. The van der Waals surface area contributed by atoms with Gasteiger partial charge in [-0.05, 0) is 24.3 Å². The van der Waals surface area contributed by atoms with E-state index < -0.39 is 5.92 Å². The fourth-order valence-corrected chi connectivity index (χ4v) is 3.30. The van der Waals surface area contributed by atoms with Crippen LogP contribution in [0.25, 0.3) is 10.2 Å². The largest absolute Gasteiger partial charge is 0.292 e. The van der Waals surface area contributed by atoms with Crippen LogP contribution in [0.2, 0.25) is 0 Å². The number of aromatic nitrogens is 1. The van der Waals surface area contributed by atoms with Gasteiger partial charge in [-0.15, -0.1) is 11.3 Å². The van der Waals surface area contributed by atoms with Crippen LogP contribution in [0, 0.1) is 11.3 Å². The molecule has 2 aromatic carbocycles. The van der Waals surface area contributed by atoms with Crippen LogP contribution >= 0.6 is 27.3 Å². The Labute approximate surface area is 134 Å². The lowest BCUT2D eigenvalue weighted by Gasteiger charge is -2.05. The molecule has 3 aromatic rings. The molecule has 3 rings (SSSR count). The zero-order valence-corrected chi connectivity index (χ0v) is 13.2. The fraction of sp³-hybridized carbons (Fsp3) is 0.0625. The number of carbonyl (C=O) groups excluding carboxylic acids is 1. The number of hydrogen-bond acceptors (Lipinski definition) is 4. The molecule has 0 spiro atoms. The van der Waals surface area contributed by atoms with Crippen molar-refractivity contribution in [1.82, 2.24) is 4.98 Å². The van der Waals surface area contributed by atoms with Crippen molar-refractivity contribution in [3.8, 4) is 6.07 Å². The summed E-state index contributed by atoms with van der Waals surface area (Å²) in [5.74, 6) is -1.08. The van der Waals surface area contributed by atoms with Gasteiger partial charge < -0.3 is 0 Å². The Balaban J connectivity index is 1.99. The van der Waals surface area contributed by atoms with Crippen molar-refractivity contribution >= 4 is 43.3 Å². The van der Waals surface area contributed by atoms with Gasteiger partial charge in [0, 0.05) is 10.0 Å². The first-order chi connectivity index (χ1) is 10.2. The predicted octanol–water partition coefficient (Wildman–Crippen LogP) is 4.55. The first-order valence-electron chi connectivity index (χ1n) is 6.24. The maximum Gasteiger partial charge on any atom is 0.186 e. The standard InChI is InChI=1S/C16H9BrN2OS/c17-11-7-5-10(6-8-11)15(20)12(9-18)16-19-13-3-1-2-4-14(13)21-16/h1-8,12H. The van der Waals surface area contributed by atoms with E-state index in [0.717, 1.165) is 14.7 Å². The van der Waals surface area contributed by atoms with Crippen LogP contribution in [0.3, 0.4) is 0 Å². The van der Waals surface area contributed by atoms with Crippen molar-refractivity contribution in [1.29, 1.82) is 5.26 Å². The molecule has 0 aliphatic rings. The Morgan fingerprint density at radius 3 is 2.57 bits per heavy atom. The molecule has 0 N–H and O–H groups in total. The number of halogens is 1. The number of thiazole rings is 1. The van der Waals surface area contributed by atoms with Crippen molar-refractivity contribution < 1.29 is 4.79 Å². The highest BCUT2D eigenvalue weighted by Gasteiger charge is 2.25. The van der Waals surface area contributed by atoms with E-state index in [4.69, 9.17) is 0 Å². The first kappa shape index (κ1) is 13.9. The predicted molar refractivity (Wildman–Crippen MR) is 86.4 cm³/mol. The SMILES string of the molecule is N#CC(C(=O)c1ccc(Br)cc1)c1nc2ccccc2s1. The highest BCUT2D eigenvalue weighted by molar-refractivity contribution is 9.10. The number of nitriles is 1. The van der Waals surface area contributed by atoms with Crippen LogP contribution in [-0.4, -0.2) is 10.8 Å². The minimum Gasteiger partial charge on any atom is -0.292 e. The second kappa shape index (κ2) is 5.76. The van der Waals surface area contributed by atoms with E-state index in [0.29, 0.717) is 10.6 Å². The maximum atomic E-state index is 12.5. The number of carbonyl (C=O) groups is 1. The van der Waals surface area contributed by atoms with Gasteiger partial charge in [0.1, 0.15) is 5.01 Å². The quantitative estimate of drug-likeness (QED) is 0.646. The summed E-state index contributed by atoms with van der Waals surface area (Å²) in [7, 11) is 0. The van der Waals surface area contributed by atoms with Crippen molar-refractivity contribution in [2.75, 3.05) is 0 Å². The lowest BCUT2D eigenvalue weighted by molar-refractivity contribution is 0.0979. The van der Waals surface area contributed by atoms with E-state index in [-0.39, 0.29) is 5.78 Å². The average Bonchev–Trinajstić information content (AvgIpc) is 2.92. The van der Waals surface area contributed by atoms with Gasteiger partial charge >= 0.3 is 0 Å². The number of nitrogens with zero attached hydrogens (tertiary/aromatic N) is 2. The summed E-state index contributed by atoms with van der Waals surface area (Å²) in [5, 5.41) is 9.93. The molecule has 0 aliphatic carbocycles. The Bertz CT molecular complexity index is 816. The second-order valence-electron chi connectivity index (χ2n) is 4.45. The van der Waals surface area contributed by atoms with Crippen LogP contribution in [-0.2, 0) is 0 Å². The summed E-state index contributed by atoms with van der Waals surface area (Å²) in [6.45, 7) is 0. The van der Waals surface area contributed by atoms with Gasteiger partial charge in [0.2, 0.25) is 0 Å². The molecule has 0 fully saturated rings. The van der Waals surface area contributed by atoms with E-state index in [1.165, 1.54) is 11.3 Å². The molecule has 102 valence electrons. The Morgan fingerprint density at radius 1 is 1.19 bits per heavy atom. The normalized spacial score (nSPS) is 12.0. The third kappa shape index (κ3) is 2.73. The number of benzene rings is 2. The van der Waals surface area contributed by atoms with Gasteiger partial charge in [0.05, 0.1) is 16.3 Å². The second-order valence-corrected chi connectivity index (χ2v) is 6.43. The van der Waals surface area contributed by atoms with Crippen LogP contribution in [0.4, 0.5) is 0 Å². The molecule has 0 radical (unpaired) electrons. The molecule has 21 heavy (non-hydrogen) atoms. The molecule has 1 atom stereocenters. The monoisotopic (exact) mass is 356 g/mol. The molecular formula is C16H9BrN2OS. The molecule has 1 aromatic heterocycles. The lowest BCUT2D eigenvalue weighted by atomic mass is 9.99. The molecule has 1 unspecified atom stereocenters. The summed E-state index contributed by atoms with van der Waals surface area (Å²) in [6.07, 6.45) is 0. The first-order valence-corrected chi connectivity index (χ1v) is 7.85. The Hall–Kier alpha value is -2.03. The van der Waals surface area contributed by atoms with Gasteiger partial charge in [-0.1, -0.05) is 40.2 Å². The molecule has 0 aliphatic heterocycles. The summed E-state index contributed by atoms with van der Waals surface area (Å²) < 4.78 is 1.88. The van der Waals surface area contributed by atoms with Gasteiger partial charge in [0.25, 0.3) is 0 Å². The number of hydrogen-bond donors (Lipinski definition) is 0. The average molecular weight is 357 g/mol. The van der Waals surface area contributed by atoms with E-state index in [9.17, 15) is 10.1 Å². The fourth-order valence-electron chi connectivity index (χ4n) is 2.02. The smallest absolute Gasteiger partial charge is 0.186 e. The van der Waals surface area contributed by atoms with Crippen LogP contribution in [0.5, 0.6) is 0 Å². The van der Waals surface area contributed by atoms with E-state index >= 15 is 0 Å². The topological polar surface area (TPSA) is 53.8 Å².